The van der Waals surface area contributed by atoms with Crippen LogP contribution in [0.2, 0.25) is 0 Å². The molecule has 0 aliphatic carbocycles. The van der Waals surface area contributed by atoms with Gasteiger partial charge >= 0.3 is 0 Å². The molecule has 0 saturated heterocycles. The quantitative estimate of drug-likeness (QED) is 0.806. The number of benzene rings is 1. The normalized spacial score (nSPS) is 13.4. The van der Waals surface area contributed by atoms with Crippen LogP contribution in [0.1, 0.15) is 5.56 Å². The van der Waals surface area contributed by atoms with Crippen LogP contribution in [0.25, 0.3) is 0 Å². The molecule has 0 bridgehead atoms. The van der Waals surface area contributed by atoms with Crippen LogP contribution in [0.3, 0.4) is 0 Å². The van der Waals surface area contributed by atoms with E-state index in [1.807, 2.05) is 39.3 Å². The molecule has 1 aliphatic rings. The lowest BCUT2D eigenvalue weighted by Crippen LogP contribution is -2.34. The van der Waals surface area contributed by atoms with Gasteiger partial charge in [0, 0.05) is 20.1 Å². The molecule has 0 unspecified atom stereocenters. The predicted molar refractivity (Wildman–Crippen MR) is 77.3 cm³/mol. The van der Waals surface area contributed by atoms with E-state index in [-0.39, 0.29) is 5.91 Å². The Morgan fingerprint density at radius 1 is 1.10 bits per heavy atom. The van der Waals surface area contributed by atoms with Gasteiger partial charge in [-0.25, -0.2) is 0 Å². The number of amides is 1. The number of carbonyl (C=O) groups excluding carboxylic acids is 1. The maximum Gasteiger partial charge on any atom is 0.226 e. The van der Waals surface area contributed by atoms with Crippen molar-refractivity contribution in [3.63, 3.8) is 0 Å². The fourth-order valence-electron chi connectivity index (χ4n) is 1.98. The van der Waals surface area contributed by atoms with Crippen LogP contribution >= 0.6 is 0 Å². The van der Waals surface area contributed by atoms with E-state index in [9.17, 15) is 4.79 Å². The summed E-state index contributed by atoms with van der Waals surface area (Å²) < 4.78 is 11.0. The Hall–Kier alpha value is -1.75. The molecule has 1 heterocycles. The highest BCUT2D eigenvalue weighted by Crippen LogP contribution is 2.30. The average molecular weight is 278 g/mol. The fraction of sp³-hybridized carbons (Fsp3) is 0.533. The molecular formula is C15H22N2O3. The van der Waals surface area contributed by atoms with Crippen molar-refractivity contribution < 1.29 is 14.3 Å². The first-order valence-electron chi connectivity index (χ1n) is 6.83. The molecule has 2 rings (SSSR count). The monoisotopic (exact) mass is 278 g/mol. The summed E-state index contributed by atoms with van der Waals surface area (Å²) in [4.78, 5) is 16.0. The van der Waals surface area contributed by atoms with Crippen molar-refractivity contribution in [3.8, 4) is 11.5 Å². The van der Waals surface area contributed by atoms with E-state index >= 15 is 0 Å². The summed E-state index contributed by atoms with van der Waals surface area (Å²) in [6.07, 6.45) is 0.389. The van der Waals surface area contributed by atoms with Crippen molar-refractivity contribution in [1.29, 1.82) is 0 Å². The van der Waals surface area contributed by atoms with Crippen molar-refractivity contribution in [2.75, 3.05) is 47.4 Å². The van der Waals surface area contributed by atoms with Crippen molar-refractivity contribution in [2.45, 2.75) is 6.42 Å². The number of hydrogen-bond acceptors (Lipinski definition) is 4. The molecule has 0 saturated carbocycles. The van der Waals surface area contributed by atoms with Crippen molar-refractivity contribution >= 4 is 5.91 Å². The first-order chi connectivity index (χ1) is 9.56. The van der Waals surface area contributed by atoms with Crippen LogP contribution in [-0.4, -0.2) is 63.2 Å². The standard InChI is InChI=1S/C15H22N2O3/c1-16(2)6-7-17(3)15(18)11-12-4-5-13-14(10-12)20-9-8-19-13/h4-5,10H,6-9,11H2,1-3H3. The molecule has 0 N–H and O–H groups in total. The third kappa shape index (κ3) is 3.87. The van der Waals surface area contributed by atoms with Gasteiger partial charge in [-0.2, -0.15) is 0 Å². The van der Waals surface area contributed by atoms with E-state index < -0.39 is 0 Å². The summed E-state index contributed by atoms with van der Waals surface area (Å²) in [5, 5.41) is 0. The van der Waals surface area contributed by atoms with Crippen LogP contribution in [0.15, 0.2) is 18.2 Å². The highest BCUT2D eigenvalue weighted by atomic mass is 16.6. The van der Waals surface area contributed by atoms with Crippen molar-refractivity contribution in [3.05, 3.63) is 23.8 Å². The summed E-state index contributed by atoms with van der Waals surface area (Å²) in [5.74, 6) is 1.61. The van der Waals surface area contributed by atoms with E-state index in [1.54, 1.807) is 4.90 Å². The number of ether oxygens (including phenoxy) is 2. The molecule has 0 aromatic heterocycles. The van der Waals surface area contributed by atoms with Crippen LogP contribution in [0, 0.1) is 0 Å². The molecule has 1 aromatic rings. The lowest BCUT2D eigenvalue weighted by atomic mass is 10.1. The average Bonchev–Trinajstić information content (AvgIpc) is 2.44. The fourth-order valence-corrected chi connectivity index (χ4v) is 1.98. The first kappa shape index (κ1) is 14.7. The van der Waals surface area contributed by atoms with E-state index in [0.29, 0.717) is 19.6 Å². The highest BCUT2D eigenvalue weighted by molar-refractivity contribution is 5.78. The van der Waals surface area contributed by atoms with E-state index in [2.05, 4.69) is 4.90 Å². The smallest absolute Gasteiger partial charge is 0.226 e. The number of carbonyl (C=O) groups is 1. The maximum absolute atomic E-state index is 12.1. The maximum atomic E-state index is 12.1. The van der Waals surface area contributed by atoms with Gasteiger partial charge in [-0.3, -0.25) is 4.79 Å². The van der Waals surface area contributed by atoms with E-state index in [4.69, 9.17) is 9.47 Å². The molecule has 5 heteroatoms. The van der Waals surface area contributed by atoms with Gasteiger partial charge in [0.05, 0.1) is 6.42 Å². The molecule has 20 heavy (non-hydrogen) atoms. The van der Waals surface area contributed by atoms with Gasteiger partial charge < -0.3 is 19.3 Å². The van der Waals surface area contributed by atoms with Crippen molar-refractivity contribution in [1.82, 2.24) is 9.80 Å². The Kier molecular flexibility index (Phi) is 4.84. The van der Waals surface area contributed by atoms with Crippen LogP contribution in [0.5, 0.6) is 11.5 Å². The highest BCUT2D eigenvalue weighted by Gasteiger charge is 2.14. The first-order valence-corrected chi connectivity index (χ1v) is 6.83. The zero-order valence-electron chi connectivity index (χ0n) is 12.4. The Labute approximate surface area is 120 Å². The summed E-state index contributed by atoms with van der Waals surface area (Å²) >= 11 is 0. The van der Waals surface area contributed by atoms with Crippen molar-refractivity contribution in [2.24, 2.45) is 0 Å². The van der Waals surface area contributed by atoms with Crippen LogP contribution in [0.4, 0.5) is 0 Å². The molecule has 0 fully saturated rings. The second-order valence-corrected chi connectivity index (χ2v) is 5.27. The summed E-state index contributed by atoms with van der Waals surface area (Å²) in [6, 6.07) is 5.69. The minimum atomic E-state index is 0.114. The van der Waals surface area contributed by atoms with E-state index in [1.165, 1.54) is 0 Å². The molecule has 0 radical (unpaired) electrons. The Bertz CT molecular complexity index is 474. The van der Waals surface area contributed by atoms with Gasteiger partial charge in [0.2, 0.25) is 5.91 Å². The predicted octanol–water partition coefficient (Wildman–Crippen LogP) is 1.02. The number of nitrogens with zero attached hydrogens (tertiary/aromatic N) is 2. The van der Waals surface area contributed by atoms with Gasteiger partial charge in [-0.1, -0.05) is 6.07 Å². The summed E-state index contributed by atoms with van der Waals surface area (Å²) in [5.41, 5.74) is 0.955. The van der Waals surface area contributed by atoms with E-state index in [0.717, 1.165) is 30.2 Å². The molecular weight excluding hydrogens is 256 g/mol. The largest absolute Gasteiger partial charge is 0.486 e. The number of rotatable bonds is 5. The zero-order chi connectivity index (χ0) is 14.5. The molecule has 110 valence electrons. The number of fused-ring (bicyclic) bond motifs is 1. The van der Waals surface area contributed by atoms with Gasteiger partial charge in [-0.05, 0) is 31.8 Å². The molecule has 0 atom stereocenters. The molecule has 0 spiro atoms. The minimum Gasteiger partial charge on any atom is -0.486 e. The van der Waals surface area contributed by atoms with Crippen LogP contribution in [-0.2, 0) is 11.2 Å². The second-order valence-electron chi connectivity index (χ2n) is 5.27. The Morgan fingerprint density at radius 2 is 1.80 bits per heavy atom. The summed E-state index contributed by atoms with van der Waals surface area (Å²) in [7, 11) is 5.84. The Balaban J connectivity index is 1.94. The van der Waals surface area contributed by atoms with Gasteiger partial charge in [0.25, 0.3) is 0 Å². The second kappa shape index (κ2) is 6.61. The zero-order valence-corrected chi connectivity index (χ0v) is 12.4. The third-order valence-corrected chi connectivity index (χ3v) is 3.27. The molecule has 1 aromatic carbocycles. The van der Waals surface area contributed by atoms with Gasteiger partial charge in [0.15, 0.2) is 11.5 Å². The lowest BCUT2D eigenvalue weighted by molar-refractivity contribution is -0.129. The van der Waals surface area contributed by atoms with Gasteiger partial charge in [-0.15, -0.1) is 0 Å². The SMILES string of the molecule is CN(C)CCN(C)C(=O)Cc1ccc2c(c1)OCCO2. The lowest BCUT2D eigenvalue weighted by Gasteiger charge is -2.21. The molecule has 1 amide bonds. The Morgan fingerprint density at radius 3 is 2.50 bits per heavy atom. The number of hydrogen-bond donors (Lipinski definition) is 0. The minimum absolute atomic E-state index is 0.114. The topological polar surface area (TPSA) is 42.0 Å². The molecule has 5 nitrogen and oxygen atoms in total. The summed E-state index contributed by atoms with van der Waals surface area (Å²) in [6.45, 7) is 2.74. The molecule has 1 aliphatic heterocycles. The van der Waals surface area contributed by atoms with Crippen LogP contribution < -0.4 is 9.47 Å². The third-order valence-electron chi connectivity index (χ3n) is 3.27. The van der Waals surface area contributed by atoms with Gasteiger partial charge in [0.1, 0.15) is 13.2 Å². The number of likely N-dealkylation sites (N-methyl/N-ethyl adjacent to an activating group) is 2.